The summed E-state index contributed by atoms with van der Waals surface area (Å²) < 4.78 is 48.9. The number of hydrogen-bond donors (Lipinski definition) is 0. The Balaban J connectivity index is 1.15. The Labute approximate surface area is 253 Å². The van der Waals surface area contributed by atoms with E-state index in [1.54, 1.807) is 6.07 Å². The molecular weight excluding hydrogens is 566 g/mol. The number of aryl methyl sites for hydroxylation is 1. The van der Waals surface area contributed by atoms with Gasteiger partial charge in [-0.25, -0.2) is 9.97 Å². The van der Waals surface area contributed by atoms with Gasteiger partial charge in [0.25, 0.3) is 0 Å². The van der Waals surface area contributed by atoms with Crippen LogP contribution in [0, 0.1) is 6.92 Å². The minimum absolute atomic E-state index is 0.0135. The lowest BCUT2D eigenvalue weighted by molar-refractivity contribution is -0.107. The number of pyridine rings is 2. The first kappa shape index (κ1) is 30.7. The van der Waals surface area contributed by atoms with Crippen LogP contribution < -0.4 is 14.4 Å². The van der Waals surface area contributed by atoms with Crippen molar-refractivity contribution < 1.29 is 26.8 Å². The van der Waals surface area contributed by atoms with Gasteiger partial charge in [-0.2, -0.15) is 8.42 Å². The van der Waals surface area contributed by atoms with E-state index in [2.05, 4.69) is 23.7 Å². The summed E-state index contributed by atoms with van der Waals surface area (Å²) in [5, 5.41) is 0.946. The molecule has 1 aliphatic heterocycles. The number of aromatic nitrogens is 2. The third kappa shape index (κ3) is 7.62. The van der Waals surface area contributed by atoms with Crippen LogP contribution in [0.3, 0.4) is 0 Å². The van der Waals surface area contributed by atoms with Crippen molar-refractivity contribution in [1.29, 1.82) is 0 Å². The predicted molar refractivity (Wildman–Crippen MR) is 167 cm³/mol. The summed E-state index contributed by atoms with van der Waals surface area (Å²) in [5.41, 5.74) is 3.37. The SMILES string of the molecule is CCN(CC)c1ccc(-c2ccc3cc(OCCCOS(=O)(=O)c4cccc(C)c4OC4CCCCO4)ccc3n2)cn1. The molecule has 228 valence electrons. The highest BCUT2D eigenvalue weighted by molar-refractivity contribution is 7.86. The zero-order valence-corrected chi connectivity index (χ0v) is 25.8. The first-order valence-electron chi connectivity index (χ1n) is 14.9. The van der Waals surface area contributed by atoms with E-state index < -0.39 is 16.4 Å². The van der Waals surface area contributed by atoms with Crippen LogP contribution in [0.4, 0.5) is 5.82 Å². The average Bonchev–Trinajstić information content (AvgIpc) is 3.03. The normalized spacial score (nSPS) is 15.4. The van der Waals surface area contributed by atoms with Crippen LogP contribution in [0.1, 0.15) is 45.1 Å². The van der Waals surface area contributed by atoms with E-state index >= 15 is 0 Å². The van der Waals surface area contributed by atoms with Crippen molar-refractivity contribution in [3.63, 3.8) is 0 Å². The van der Waals surface area contributed by atoms with E-state index in [9.17, 15) is 8.42 Å². The summed E-state index contributed by atoms with van der Waals surface area (Å²) in [6.45, 7) is 8.75. The highest BCUT2D eigenvalue weighted by atomic mass is 32.2. The fraction of sp³-hybridized carbons (Fsp3) is 0.394. The third-order valence-electron chi connectivity index (χ3n) is 7.42. The molecule has 0 radical (unpaired) electrons. The molecule has 1 unspecified atom stereocenters. The van der Waals surface area contributed by atoms with Gasteiger partial charge in [0.2, 0.25) is 0 Å². The van der Waals surface area contributed by atoms with Crippen LogP contribution in [0.2, 0.25) is 0 Å². The molecule has 2 aromatic carbocycles. The van der Waals surface area contributed by atoms with Crippen molar-refractivity contribution in [2.24, 2.45) is 0 Å². The minimum atomic E-state index is -4.03. The molecule has 3 heterocycles. The molecule has 1 atom stereocenters. The quantitative estimate of drug-likeness (QED) is 0.124. The van der Waals surface area contributed by atoms with E-state index in [1.165, 1.54) is 6.07 Å². The van der Waals surface area contributed by atoms with Gasteiger partial charge < -0.3 is 19.1 Å². The molecule has 0 amide bonds. The van der Waals surface area contributed by atoms with E-state index in [4.69, 9.17) is 23.4 Å². The second-order valence-corrected chi connectivity index (χ2v) is 12.0. The van der Waals surface area contributed by atoms with Crippen LogP contribution in [0.15, 0.2) is 71.8 Å². The van der Waals surface area contributed by atoms with Crippen LogP contribution in [0.5, 0.6) is 11.5 Å². The summed E-state index contributed by atoms with van der Waals surface area (Å²) in [4.78, 5) is 11.6. The van der Waals surface area contributed by atoms with Crippen LogP contribution in [-0.4, -0.2) is 57.6 Å². The lowest BCUT2D eigenvalue weighted by Gasteiger charge is -2.25. The predicted octanol–water partition coefficient (Wildman–Crippen LogP) is 6.53. The molecule has 0 saturated carbocycles. The first-order chi connectivity index (χ1) is 20.9. The molecule has 2 aromatic heterocycles. The number of nitrogens with zero attached hydrogens (tertiary/aromatic N) is 3. The number of benzene rings is 2. The van der Waals surface area contributed by atoms with Crippen molar-refractivity contribution >= 4 is 26.8 Å². The van der Waals surface area contributed by atoms with Gasteiger partial charge in [0.1, 0.15) is 22.2 Å². The fourth-order valence-corrected chi connectivity index (χ4v) is 6.16. The molecule has 0 spiro atoms. The maximum Gasteiger partial charge on any atom is 0.300 e. The summed E-state index contributed by atoms with van der Waals surface area (Å²) in [7, 11) is -4.03. The van der Waals surface area contributed by atoms with Gasteiger partial charge in [-0.05, 0) is 81.6 Å². The van der Waals surface area contributed by atoms with Gasteiger partial charge in [-0.15, -0.1) is 0 Å². The van der Waals surface area contributed by atoms with Crippen molar-refractivity contribution in [3.05, 3.63) is 72.4 Å². The van der Waals surface area contributed by atoms with Crippen LogP contribution in [0.25, 0.3) is 22.2 Å². The summed E-state index contributed by atoms with van der Waals surface area (Å²) >= 11 is 0. The molecule has 10 heteroatoms. The van der Waals surface area contributed by atoms with Crippen LogP contribution >= 0.6 is 0 Å². The van der Waals surface area contributed by atoms with Crippen molar-refractivity contribution in [3.8, 4) is 22.8 Å². The Morgan fingerprint density at radius 2 is 1.86 bits per heavy atom. The number of para-hydroxylation sites is 1. The smallest absolute Gasteiger partial charge is 0.300 e. The van der Waals surface area contributed by atoms with Gasteiger partial charge in [0.05, 0.1) is 31.0 Å². The molecule has 0 N–H and O–H groups in total. The molecular formula is C33H39N3O6S. The van der Waals surface area contributed by atoms with Gasteiger partial charge in [-0.1, -0.05) is 18.2 Å². The van der Waals surface area contributed by atoms with Crippen LogP contribution in [-0.2, 0) is 19.0 Å². The first-order valence-corrected chi connectivity index (χ1v) is 16.3. The van der Waals surface area contributed by atoms with E-state index in [0.717, 1.165) is 60.3 Å². The van der Waals surface area contributed by atoms with Crippen molar-refractivity contribution in [1.82, 2.24) is 9.97 Å². The van der Waals surface area contributed by atoms with Crippen molar-refractivity contribution in [2.45, 2.75) is 57.6 Å². The molecule has 5 rings (SSSR count). The zero-order chi connectivity index (χ0) is 30.2. The Morgan fingerprint density at radius 1 is 1.00 bits per heavy atom. The number of ether oxygens (including phenoxy) is 3. The van der Waals surface area contributed by atoms with Gasteiger partial charge >= 0.3 is 10.1 Å². The van der Waals surface area contributed by atoms with Gasteiger partial charge in [-0.3, -0.25) is 4.18 Å². The van der Waals surface area contributed by atoms with E-state index in [1.807, 2.05) is 61.7 Å². The molecule has 1 aliphatic rings. The molecule has 43 heavy (non-hydrogen) atoms. The lowest BCUT2D eigenvalue weighted by atomic mass is 10.1. The lowest BCUT2D eigenvalue weighted by Crippen LogP contribution is -2.26. The van der Waals surface area contributed by atoms with Gasteiger partial charge in [0.15, 0.2) is 6.29 Å². The standard InChI is InChI=1S/C33H39N3O6S/c1-4-36(5-2)31-18-14-26(23-34-31)29-16-13-25-22-27(15-17-28(25)35-29)39-20-9-21-41-43(37,38)30-11-8-10-24(3)33(30)42-32-12-6-7-19-40-32/h8,10-11,13-18,22-23,32H,4-7,9,12,19-21H2,1-3H3. The molecule has 9 nitrogen and oxygen atoms in total. The maximum absolute atomic E-state index is 13.0. The third-order valence-corrected chi connectivity index (χ3v) is 8.76. The summed E-state index contributed by atoms with van der Waals surface area (Å²) in [6, 6.07) is 18.8. The zero-order valence-electron chi connectivity index (χ0n) is 25.0. The molecule has 4 aromatic rings. The Kier molecular flexibility index (Phi) is 10.1. The number of rotatable bonds is 13. The number of hydrogen-bond acceptors (Lipinski definition) is 9. The number of anilines is 1. The summed E-state index contributed by atoms with van der Waals surface area (Å²) in [5.74, 6) is 1.92. The monoisotopic (exact) mass is 605 g/mol. The number of fused-ring (bicyclic) bond motifs is 1. The average molecular weight is 606 g/mol. The Bertz CT molecular complexity index is 1620. The molecule has 1 saturated heterocycles. The van der Waals surface area contributed by atoms with Gasteiger partial charge in [0, 0.05) is 43.1 Å². The largest absolute Gasteiger partial charge is 0.493 e. The second kappa shape index (κ2) is 14.2. The minimum Gasteiger partial charge on any atom is -0.493 e. The highest BCUT2D eigenvalue weighted by Crippen LogP contribution is 2.32. The molecule has 0 aliphatic carbocycles. The van der Waals surface area contributed by atoms with Crippen molar-refractivity contribution in [2.75, 3.05) is 37.8 Å². The Morgan fingerprint density at radius 3 is 2.60 bits per heavy atom. The van der Waals surface area contributed by atoms with E-state index in [0.29, 0.717) is 30.9 Å². The topological polar surface area (TPSA) is 100 Å². The maximum atomic E-state index is 13.0. The molecule has 0 bridgehead atoms. The molecule has 1 fully saturated rings. The summed E-state index contributed by atoms with van der Waals surface area (Å²) in [6.07, 6.45) is 4.47. The second-order valence-electron chi connectivity index (χ2n) is 10.4. The van der Waals surface area contributed by atoms with E-state index in [-0.39, 0.29) is 17.3 Å². The Hall–Kier alpha value is -3.73. The fourth-order valence-electron chi connectivity index (χ4n) is 5.02. The highest BCUT2D eigenvalue weighted by Gasteiger charge is 2.25.